The Bertz CT molecular complexity index is 663. The number of rotatable bonds is 8. The van der Waals surface area contributed by atoms with Crippen LogP contribution in [-0.2, 0) is 4.74 Å². The quantitative estimate of drug-likeness (QED) is 0.397. The van der Waals surface area contributed by atoms with E-state index >= 15 is 0 Å². The molecule has 0 bridgehead atoms. The molecule has 0 saturated carbocycles. The van der Waals surface area contributed by atoms with Crippen LogP contribution in [0.15, 0.2) is 60.7 Å². The SMILES string of the molecule is C=C(C)COCCCOc1ccc(C(=O)O)cc1.Nc1ccc(Cl)cc1. The maximum absolute atomic E-state index is 10.6. The Morgan fingerprint density at radius 1 is 1.12 bits per heavy atom. The van der Waals surface area contributed by atoms with Gasteiger partial charge in [0.25, 0.3) is 0 Å². The number of hydrogen-bond acceptors (Lipinski definition) is 4. The molecule has 2 aromatic carbocycles. The third kappa shape index (κ3) is 9.71. The summed E-state index contributed by atoms with van der Waals surface area (Å²) < 4.78 is 10.8. The van der Waals surface area contributed by atoms with Crippen molar-refractivity contribution in [3.63, 3.8) is 0 Å². The first kappa shape index (κ1) is 21.5. The van der Waals surface area contributed by atoms with Crippen LogP contribution < -0.4 is 10.5 Å². The molecule has 0 radical (unpaired) electrons. The number of anilines is 1. The Labute approximate surface area is 159 Å². The van der Waals surface area contributed by atoms with Crippen molar-refractivity contribution < 1.29 is 19.4 Å². The number of carboxylic acids is 1. The molecule has 3 N–H and O–H groups in total. The van der Waals surface area contributed by atoms with Gasteiger partial charge >= 0.3 is 5.97 Å². The van der Waals surface area contributed by atoms with Crippen molar-refractivity contribution in [1.29, 1.82) is 0 Å². The molecule has 0 aromatic heterocycles. The second-order valence-electron chi connectivity index (χ2n) is 5.59. The molecule has 0 heterocycles. The van der Waals surface area contributed by atoms with E-state index in [4.69, 9.17) is 31.9 Å². The lowest BCUT2D eigenvalue weighted by Crippen LogP contribution is -2.04. The molecule has 0 fully saturated rings. The molecule has 2 aromatic rings. The van der Waals surface area contributed by atoms with Crippen molar-refractivity contribution in [2.75, 3.05) is 25.6 Å². The number of aromatic carboxylic acids is 1. The van der Waals surface area contributed by atoms with Crippen molar-refractivity contribution >= 4 is 23.3 Å². The average molecular weight is 378 g/mol. The molecule has 0 spiro atoms. The van der Waals surface area contributed by atoms with E-state index in [1.165, 1.54) is 12.1 Å². The van der Waals surface area contributed by atoms with Crippen LogP contribution in [0, 0.1) is 0 Å². The van der Waals surface area contributed by atoms with Gasteiger partial charge in [0.1, 0.15) is 5.75 Å². The Hall–Kier alpha value is -2.50. The lowest BCUT2D eigenvalue weighted by Gasteiger charge is -2.07. The van der Waals surface area contributed by atoms with Crippen LogP contribution in [0.3, 0.4) is 0 Å². The first-order valence-corrected chi connectivity index (χ1v) is 8.45. The van der Waals surface area contributed by atoms with Crippen LogP contribution in [-0.4, -0.2) is 30.9 Å². The maximum atomic E-state index is 10.6. The van der Waals surface area contributed by atoms with Crippen LogP contribution >= 0.6 is 11.6 Å². The maximum Gasteiger partial charge on any atom is 0.335 e. The van der Waals surface area contributed by atoms with Gasteiger partial charge in [-0.2, -0.15) is 0 Å². The highest BCUT2D eigenvalue weighted by Gasteiger charge is 2.01. The topological polar surface area (TPSA) is 81.8 Å². The molecular formula is C20H24ClNO4. The van der Waals surface area contributed by atoms with Crippen LogP contribution in [0.1, 0.15) is 23.7 Å². The number of ether oxygens (including phenoxy) is 2. The van der Waals surface area contributed by atoms with E-state index in [1.54, 1.807) is 36.4 Å². The third-order valence-corrected chi connectivity index (χ3v) is 3.27. The third-order valence-electron chi connectivity index (χ3n) is 3.02. The summed E-state index contributed by atoms with van der Waals surface area (Å²) in [5.74, 6) is -0.269. The summed E-state index contributed by atoms with van der Waals surface area (Å²) in [5.41, 5.74) is 7.37. The number of nitrogen functional groups attached to an aromatic ring is 1. The van der Waals surface area contributed by atoms with Crippen LogP contribution in [0.25, 0.3) is 0 Å². The van der Waals surface area contributed by atoms with Gasteiger partial charge in [-0.15, -0.1) is 0 Å². The smallest absolute Gasteiger partial charge is 0.335 e. The summed E-state index contributed by atoms with van der Waals surface area (Å²) in [6.07, 6.45) is 0.786. The lowest BCUT2D eigenvalue weighted by molar-refractivity contribution is 0.0697. The number of carbonyl (C=O) groups is 1. The molecule has 0 amide bonds. The summed E-state index contributed by atoms with van der Waals surface area (Å²) in [7, 11) is 0. The number of benzene rings is 2. The monoisotopic (exact) mass is 377 g/mol. The molecular weight excluding hydrogens is 354 g/mol. The molecule has 5 nitrogen and oxygen atoms in total. The summed E-state index contributed by atoms with van der Waals surface area (Å²) in [5, 5.41) is 9.45. The van der Waals surface area contributed by atoms with Crippen LogP contribution in [0.2, 0.25) is 5.02 Å². The van der Waals surface area contributed by atoms with Crippen LogP contribution in [0.5, 0.6) is 5.75 Å². The molecule has 0 aliphatic carbocycles. The van der Waals surface area contributed by atoms with Gasteiger partial charge in [-0.3, -0.25) is 0 Å². The number of hydrogen-bond donors (Lipinski definition) is 2. The number of halogens is 1. The minimum Gasteiger partial charge on any atom is -0.494 e. The zero-order chi connectivity index (χ0) is 19.4. The Kier molecular flexibility index (Phi) is 9.90. The van der Waals surface area contributed by atoms with Crippen molar-refractivity contribution in [2.24, 2.45) is 0 Å². The largest absolute Gasteiger partial charge is 0.494 e. The average Bonchev–Trinajstić information content (AvgIpc) is 2.61. The second-order valence-corrected chi connectivity index (χ2v) is 6.03. The lowest BCUT2D eigenvalue weighted by atomic mass is 10.2. The Morgan fingerprint density at radius 3 is 2.23 bits per heavy atom. The fraction of sp³-hybridized carbons (Fsp3) is 0.250. The predicted molar refractivity (Wildman–Crippen MR) is 105 cm³/mol. The van der Waals surface area contributed by atoms with E-state index in [0.29, 0.717) is 25.6 Å². The minimum absolute atomic E-state index is 0.257. The standard InChI is InChI=1S/C14H18O4.C6H6ClN/c1-11(2)10-17-8-3-9-18-13-6-4-12(5-7-13)14(15)16;7-5-1-3-6(8)4-2-5/h4-7H,1,3,8-10H2,2H3,(H,15,16);1-4H,8H2. The molecule has 0 aliphatic heterocycles. The van der Waals surface area contributed by atoms with E-state index in [2.05, 4.69) is 6.58 Å². The van der Waals surface area contributed by atoms with E-state index in [-0.39, 0.29) is 5.56 Å². The van der Waals surface area contributed by atoms with E-state index in [0.717, 1.165) is 22.7 Å². The molecule has 0 saturated heterocycles. The highest BCUT2D eigenvalue weighted by molar-refractivity contribution is 6.30. The van der Waals surface area contributed by atoms with Crippen molar-refractivity contribution in [3.05, 3.63) is 71.3 Å². The Balaban J connectivity index is 0.000000350. The second kappa shape index (κ2) is 12.0. The first-order chi connectivity index (χ1) is 12.4. The summed E-state index contributed by atoms with van der Waals surface area (Å²) in [6.45, 7) is 7.40. The number of nitrogens with two attached hydrogens (primary N) is 1. The fourth-order valence-corrected chi connectivity index (χ4v) is 1.88. The fourth-order valence-electron chi connectivity index (χ4n) is 1.75. The molecule has 2 rings (SSSR count). The van der Waals surface area contributed by atoms with Gasteiger partial charge in [0.05, 0.1) is 25.4 Å². The zero-order valence-electron chi connectivity index (χ0n) is 14.8. The Morgan fingerprint density at radius 2 is 1.73 bits per heavy atom. The molecule has 0 atom stereocenters. The summed E-state index contributed by atoms with van der Waals surface area (Å²) >= 11 is 5.56. The van der Waals surface area contributed by atoms with Gasteiger partial charge < -0.3 is 20.3 Å². The predicted octanol–water partition coefficient (Wildman–Crippen LogP) is 4.67. The highest BCUT2D eigenvalue weighted by atomic mass is 35.5. The van der Waals surface area contributed by atoms with Gasteiger partial charge in [-0.25, -0.2) is 4.79 Å². The van der Waals surface area contributed by atoms with Crippen molar-refractivity contribution in [2.45, 2.75) is 13.3 Å². The van der Waals surface area contributed by atoms with Crippen molar-refractivity contribution in [3.8, 4) is 5.75 Å². The van der Waals surface area contributed by atoms with Gasteiger partial charge in [-0.1, -0.05) is 23.8 Å². The molecule has 0 aliphatic rings. The van der Waals surface area contributed by atoms with E-state index in [9.17, 15) is 4.79 Å². The van der Waals surface area contributed by atoms with Gasteiger partial charge in [0.2, 0.25) is 0 Å². The molecule has 140 valence electrons. The molecule has 26 heavy (non-hydrogen) atoms. The normalized spacial score (nSPS) is 9.77. The van der Waals surface area contributed by atoms with Gasteiger partial charge in [-0.05, 0) is 55.5 Å². The first-order valence-electron chi connectivity index (χ1n) is 8.08. The van der Waals surface area contributed by atoms with Crippen molar-refractivity contribution in [1.82, 2.24) is 0 Å². The van der Waals surface area contributed by atoms with Crippen LogP contribution in [0.4, 0.5) is 5.69 Å². The molecule has 0 unspecified atom stereocenters. The minimum atomic E-state index is -0.935. The summed E-state index contributed by atoms with van der Waals surface area (Å²) in [4.78, 5) is 10.6. The van der Waals surface area contributed by atoms with Gasteiger partial charge in [0.15, 0.2) is 0 Å². The van der Waals surface area contributed by atoms with Gasteiger partial charge in [0, 0.05) is 17.1 Å². The highest BCUT2D eigenvalue weighted by Crippen LogP contribution is 2.12. The number of carboxylic acid groups (broad SMARTS) is 1. The summed E-state index contributed by atoms with van der Waals surface area (Å²) in [6, 6.07) is 13.4. The van der Waals surface area contributed by atoms with E-state index < -0.39 is 5.97 Å². The van der Waals surface area contributed by atoms with E-state index in [1.807, 2.05) is 6.92 Å². The molecule has 6 heteroatoms. The zero-order valence-corrected chi connectivity index (χ0v) is 15.5.